The molecule has 122 valence electrons. The Kier molecular flexibility index (Phi) is 6.69. The fourth-order valence-corrected chi connectivity index (χ4v) is 3.26. The van der Waals surface area contributed by atoms with Crippen LogP contribution in [0.15, 0.2) is 0 Å². The Labute approximate surface area is 129 Å². The van der Waals surface area contributed by atoms with Gasteiger partial charge in [0.2, 0.25) is 5.91 Å². The number of ether oxygens (including phenoxy) is 1. The largest absolute Gasteiger partial charge is 0.469 e. The maximum Gasteiger partial charge on any atom is 0.306 e. The summed E-state index contributed by atoms with van der Waals surface area (Å²) in [6, 6.07) is 0. The van der Waals surface area contributed by atoms with Crippen molar-refractivity contribution in [2.45, 2.75) is 71.8 Å². The molecule has 21 heavy (non-hydrogen) atoms. The van der Waals surface area contributed by atoms with Gasteiger partial charge in [0, 0.05) is 5.54 Å². The molecule has 4 nitrogen and oxygen atoms in total. The van der Waals surface area contributed by atoms with Crippen LogP contribution in [0.5, 0.6) is 0 Å². The minimum Gasteiger partial charge on any atom is -0.469 e. The van der Waals surface area contributed by atoms with E-state index in [1.165, 1.54) is 26.4 Å². The van der Waals surface area contributed by atoms with Crippen LogP contribution < -0.4 is 5.32 Å². The van der Waals surface area contributed by atoms with E-state index in [9.17, 15) is 9.59 Å². The zero-order valence-electron chi connectivity index (χ0n) is 14.2. The highest BCUT2D eigenvalue weighted by atomic mass is 16.5. The third kappa shape index (κ3) is 4.72. The van der Waals surface area contributed by atoms with Crippen molar-refractivity contribution in [3.63, 3.8) is 0 Å². The molecular weight excluding hydrogens is 266 g/mol. The van der Waals surface area contributed by atoms with E-state index in [-0.39, 0.29) is 35.7 Å². The average Bonchev–Trinajstić information content (AvgIpc) is 2.44. The van der Waals surface area contributed by atoms with E-state index in [1.54, 1.807) is 0 Å². The summed E-state index contributed by atoms with van der Waals surface area (Å²) in [5.41, 5.74) is -0.0986. The van der Waals surface area contributed by atoms with Gasteiger partial charge >= 0.3 is 5.97 Å². The van der Waals surface area contributed by atoms with Crippen LogP contribution in [0.4, 0.5) is 0 Å². The molecule has 0 aliphatic heterocycles. The van der Waals surface area contributed by atoms with Crippen LogP contribution in [0, 0.1) is 17.8 Å². The van der Waals surface area contributed by atoms with Gasteiger partial charge in [-0.15, -0.1) is 0 Å². The second-order valence-corrected chi connectivity index (χ2v) is 6.99. The number of carbonyl (C=O) groups is 2. The fraction of sp³-hybridized carbons (Fsp3) is 0.882. The first-order valence-corrected chi connectivity index (χ1v) is 8.21. The number of esters is 1. The highest BCUT2D eigenvalue weighted by molar-refractivity contribution is 5.84. The number of nitrogens with one attached hydrogen (secondary N) is 1. The number of amides is 1. The summed E-state index contributed by atoms with van der Waals surface area (Å²) in [5, 5.41) is 3.30. The summed E-state index contributed by atoms with van der Waals surface area (Å²) in [7, 11) is 1.37. The first-order valence-electron chi connectivity index (χ1n) is 8.21. The molecule has 1 atom stereocenters. The molecule has 0 aromatic carbocycles. The van der Waals surface area contributed by atoms with E-state index < -0.39 is 0 Å². The minimum absolute atomic E-state index is 0.00556. The summed E-state index contributed by atoms with van der Waals surface area (Å²) in [6.07, 6.45) is 5.83. The maximum atomic E-state index is 12.7. The van der Waals surface area contributed by atoms with E-state index in [0.717, 1.165) is 12.8 Å². The van der Waals surface area contributed by atoms with Gasteiger partial charge in [-0.25, -0.2) is 0 Å². The van der Waals surface area contributed by atoms with Gasteiger partial charge < -0.3 is 10.1 Å². The van der Waals surface area contributed by atoms with Crippen LogP contribution >= 0.6 is 0 Å². The van der Waals surface area contributed by atoms with Crippen molar-refractivity contribution >= 4 is 11.9 Å². The smallest absolute Gasteiger partial charge is 0.306 e. The number of rotatable bonds is 6. The fourth-order valence-electron chi connectivity index (χ4n) is 3.26. The molecule has 1 amide bonds. The lowest BCUT2D eigenvalue weighted by Crippen LogP contribution is -2.55. The van der Waals surface area contributed by atoms with Crippen LogP contribution in [-0.2, 0) is 14.3 Å². The van der Waals surface area contributed by atoms with Crippen molar-refractivity contribution in [1.29, 1.82) is 0 Å². The molecule has 1 N–H and O–H groups in total. The zero-order chi connectivity index (χ0) is 16.0. The van der Waals surface area contributed by atoms with Gasteiger partial charge in [0.05, 0.1) is 19.4 Å². The number of carbonyl (C=O) groups excluding carboxylic acids is 2. The van der Waals surface area contributed by atoms with E-state index in [4.69, 9.17) is 4.74 Å². The van der Waals surface area contributed by atoms with Crippen LogP contribution in [0.25, 0.3) is 0 Å². The van der Waals surface area contributed by atoms with Crippen LogP contribution in [-0.4, -0.2) is 24.5 Å². The van der Waals surface area contributed by atoms with Crippen molar-refractivity contribution in [2.75, 3.05) is 7.11 Å². The lowest BCUT2D eigenvalue weighted by molar-refractivity contribution is -0.145. The molecule has 0 radical (unpaired) electrons. The Balaban J connectivity index is 2.80. The lowest BCUT2D eigenvalue weighted by atomic mass is 9.73. The third-order valence-corrected chi connectivity index (χ3v) is 4.98. The van der Waals surface area contributed by atoms with E-state index >= 15 is 0 Å². The third-order valence-electron chi connectivity index (χ3n) is 4.98. The molecule has 1 saturated carbocycles. The van der Waals surface area contributed by atoms with Crippen LogP contribution in [0.3, 0.4) is 0 Å². The second kappa shape index (κ2) is 7.81. The SMILES string of the molecule is COC(=O)C[C@H](C(=O)NC1(C(C)C)CCCCC1)C(C)C. The molecule has 1 rings (SSSR count). The average molecular weight is 297 g/mol. The Bertz CT molecular complexity index is 357. The van der Waals surface area contributed by atoms with Gasteiger partial charge in [-0.2, -0.15) is 0 Å². The topological polar surface area (TPSA) is 55.4 Å². The van der Waals surface area contributed by atoms with Gasteiger partial charge in [-0.1, -0.05) is 47.0 Å². The van der Waals surface area contributed by atoms with Crippen molar-refractivity contribution < 1.29 is 14.3 Å². The molecule has 1 aliphatic carbocycles. The first-order chi connectivity index (χ1) is 9.82. The van der Waals surface area contributed by atoms with Gasteiger partial charge in [-0.05, 0) is 24.7 Å². The van der Waals surface area contributed by atoms with E-state index in [1.807, 2.05) is 13.8 Å². The zero-order valence-corrected chi connectivity index (χ0v) is 14.2. The predicted octanol–water partition coefficient (Wildman–Crippen LogP) is 3.30. The first kappa shape index (κ1) is 18.0. The van der Waals surface area contributed by atoms with Crippen molar-refractivity contribution in [2.24, 2.45) is 17.8 Å². The lowest BCUT2D eigenvalue weighted by Gasteiger charge is -2.42. The molecule has 0 unspecified atom stereocenters. The molecule has 1 fully saturated rings. The number of hydrogen-bond donors (Lipinski definition) is 1. The highest BCUT2D eigenvalue weighted by Gasteiger charge is 2.38. The molecule has 0 saturated heterocycles. The number of methoxy groups -OCH3 is 1. The van der Waals surface area contributed by atoms with Gasteiger partial charge in [0.15, 0.2) is 0 Å². The molecule has 4 heteroatoms. The summed E-state index contributed by atoms with van der Waals surface area (Å²) in [5.74, 6) is -0.0864. The van der Waals surface area contributed by atoms with Crippen LogP contribution in [0.1, 0.15) is 66.2 Å². The summed E-state index contributed by atoms with van der Waals surface area (Å²) >= 11 is 0. The normalized spacial score (nSPS) is 19.4. The Morgan fingerprint density at radius 1 is 1.10 bits per heavy atom. The van der Waals surface area contributed by atoms with Gasteiger partial charge in [0.1, 0.15) is 0 Å². The van der Waals surface area contributed by atoms with Gasteiger partial charge in [0.25, 0.3) is 0 Å². The Morgan fingerprint density at radius 3 is 2.10 bits per heavy atom. The van der Waals surface area contributed by atoms with Crippen molar-refractivity contribution in [3.8, 4) is 0 Å². The molecule has 0 aromatic rings. The molecule has 0 spiro atoms. The second-order valence-electron chi connectivity index (χ2n) is 6.99. The minimum atomic E-state index is -0.314. The standard InChI is InChI=1S/C17H31NO3/c1-12(2)14(11-15(19)21-5)16(20)18-17(13(3)4)9-7-6-8-10-17/h12-14H,6-11H2,1-5H3,(H,18,20)/t14-/m0/s1. The monoisotopic (exact) mass is 297 g/mol. The predicted molar refractivity (Wildman–Crippen MR) is 83.8 cm³/mol. The van der Waals surface area contributed by atoms with E-state index in [2.05, 4.69) is 19.2 Å². The maximum absolute atomic E-state index is 12.7. The molecule has 1 aliphatic rings. The summed E-state index contributed by atoms with van der Waals surface area (Å²) in [4.78, 5) is 24.2. The highest BCUT2D eigenvalue weighted by Crippen LogP contribution is 2.35. The molecule has 0 aromatic heterocycles. The molecule has 0 heterocycles. The summed E-state index contributed by atoms with van der Waals surface area (Å²) < 4.78 is 4.72. The molecular formula is C17H31NO3. The van der Waals surface area contributed by atoms with Crippen molar-refractivity contribution in [1.82, 2.24) is 5.32 Å². The number of hydrogen-bond acceptors (Lipinski definition) is 3. The van der Waals surface area contributed by atoms with Crippen LogP contribution in [0.2, 0.25) is 0 Å². The Hall–Kier alpha value is -1.06. The Morgan fingerprint density at radius 2 is 1.67 bits per heavy atom. The van der Waals surface area contributed by atoms with Crippen molar-refractivity contribution in [3.05, 3.63) is 0 Å². The van der Waals surface area contributed by atoms with E-state index in [0.29, 0.717) is 5.92 Å². The quantitative estimate of drug-likeness (QED) is 0.765. The van der Waals surface area contributed by atoms with Gasteiger partial charge in [-0.3, -0.25) is 9.59 Å². The summed E-state index contributed by atoms with van der Waals surface area (Å²) in [6.45, 7) is 8.32. The molecule has 0 bridgehead atoms.